The normalized spacial score (nSPS) is 38.0. The Morgan fingerprint density at radius 1 is 1.15 bits per heavy atom. The summed E-state index contributed by atoms with van der Waals surface area (Å²) in [5.74, 6) is 0.922. The molecule has 4 unspecified atom stereocenters. The number of rotatable bonds is 3. The van der Waals surface area contributed by atoms with E-state index in [9.17, 15) is 4.79 Å². The number of ether oxygens (including phenoxy) is 2. The van der Waals surface area contributed by atoms with E-state index in [-0.39, 0.29) is 18.1 Å². The Hall–Kier alpha value is -0.650. The number of fused-ring (bicyclic) bond motifs is 1. The van der Waals surface area contributed by atoms with Gasteiger partial charge in [-0.05, 0) is 31.6 Å². The average molecular weight is 282 g/mol. The molecule has 2 N–H and O–H groups in total. The molecular formula is C15H26N2O3. The highest BCUT2D eigenvalue weighted by Gasteiger charge is 2.34. The molecule has 0 spiro atoms. The van der Waals surface area contributed by atoms with E-state index in [4.69, 9.17) is 9.47 Å². The maximum absolute atomic E-state index is 12.2. The summed E-state index contributed by atoms with van der Waals surface area (Å²) in [4.78, 5) is 12.2. The van der Waals surface area contributed by atoms with Crippen molar-refractivity contribution >= 4 is 5.91 Å². The summed E-state index contributed by atoms with van der Waals surface area (Å²) < 4.78 is 10.9. The second-order valence-corrected chi connectivity index (χ2v) is 6.26. The molecule has 3 aliphatic rings. The number of hydrogen-bond acceptors (Lipinski definition) is 4. The van der Waals surface area contributed by atoms with Crippen LogP contribution in [0.1, 0.15) is 38.5 Å². The van der Waals surface area contributed by atoms with Crippen molar-refractivity contribution in [2.45, 2.75) is 56.7 Å². The molecule has 0 aromatic carbocycles. The molecule has 3 rings (SSSR count). The number of piperidine rings is 1. The van der Waals surface area contributed by atoms with E-state index in [1.54, 1.807) is 0 Å². The fourth-order valence-corrected chi connectivity index (χ4v) is 3.69. The Morgan fingerprint density at radius 3 is 2.90 bits per heavy atom. The number of nitrogens with one attached hydrogen (secondary N) is 2. The standard InChI is InChI=1S/C15H26N2O3/c18-15(16-9-12-10-19-7-8-20-12)14-6-5-11-3-1-2-4-13(11)17-14/h11-14,17H,1-10H2,(H,16,18). The van der Waals surface area contributed by atoms with Crippen LogP contribution in [-0.2, 0) is 14.3 Å². The van der Waals surface area contributed by atoms with Crippen LogP contribution in [0.3, 0.4) is 0 Å². The average Bonchev–Trinajstić information content (AvgIpc) is 2.53. The van der Waals surface area contributed by atoms with Crippen LogP contribution in [0.4, 0.5) is 0 Å². The molecule has 1 amide bonds. The van der Waals surface area contributed by atoms with Crippen LogP contribution in [0.25, 0.3) is 0 Å². The number of carbonyl (C=O) groups excluding carboxylic acids is 1. The Kier molecular flexibility index (Phi) is 4.91. The highest BCUT2D eigenvalue weighted by Crippen LogP contribution is 2.32. The molecule has 2 aliphatic heterocycles. The summed E-state index contributed by atoms with van der Waals surface area (Å²) in [7, 11) is 0. The van der Waals surface area contributed by atoms with Gasteiger partial charge >= 0.3 is 0 Å². The summed E-state index contributed by atoms with van der Waals surface area (Å²) in [5, 5.41) is 6.57. The third-order valence-electron chi connectivity index (χ3n) is 4.86. The van der Waals surface area contributed by atoms with Crippen LogP contribution in [0, 0.1) is 5.92 Å². The van der Waals surface area contributed by atoms with Gasteiger partial charge in [-0.3, -0.25) is 4.79 Å². The molecule has 3 fully saturated rings. The lowest BCUT2D eigenvalue weighted by Crippen LogP contribution is -2.55. The molecule has 114 valence electrons. The Bertz CT molecular complexity index is 331. The Balaban J connectivity index is 1.42. The topological polar surface area (TPSA) is 59.6 Å². The van der Waals surface area contributed by atoms with Gasteiger partial charge in [-0.15, -0.1) is 0 Å². The molecule has 20 heavy (non-hydrogen) atoms. The zero-order valence-electron chi connectivity index (χ0n) is 12.1. The van der Waals surface area contributed by atoms with Crippen molar-refractivity contribution in [3.8, 4) is 0 Å². The van der Waals surface area contributed by atoms with Gasteiger partial charge in [-0.2, -0.15) is 0 Å². The van der Waals surface area contributed by atoms with Gasteiger partial charge in [-0.25, -0.2) is 0 Å². The van der Waals surface area contributed by atoms with Crippen molar-refractivity contribution in [3.05, 3.63) is 0 Å². The van der Waals surface area contributed by atoms with Crippen LogP contribution < -0.4 is 10.6 Å². The Morgan fingerprint density at radius 2 is 2.05 bits per heavy atom. The van der Waals surface area contributed by atoms with Gasteiger partial charge in [0.15, 0.2) is 0 Å². The Labute approximate surface area is 120 Å². The second kappa shape index (κ2) is 6.87. The van der Waals surface area contributed by atoms with E-state index in [1.807, 2.05) is 0 Å². The van der Waals surface area contributed by atoms with E-state index >= 15 is 0 Å². The fourth-order valence-electron chi connectivity index (χ4n) is 3.69. The summed E-state index contributed by atoms with van der Waals surface area (Å²) in [6.07, 6.45) is 7.40. The van der Waals surface area contributed by atoms with Gasteiger partial charge in [0, 0.05) is 12.6 Å². The van der Waals surface area contributed by atoms with Crippen LogP contribution in [0.2, 0.25) is 0 Å². The maximum atomic E-state index is 12.2. The summed E-state index contributed by atoms with van der Waals surface area (Å²) in [6.45, 7) is 2.44. The molecule has 1 aliphatic carbocycles. The highest BCUT2D eigenvalue weighted by molar-refractivity contribution is 5.81. The highest BCUT2D eigenvalue weighted by atomic mass is 16.6. The molecule has 4 atom stereocenters. The zero-order chi connectivity index (χ0) is 13.8. The first-order valence-corrected chi connectivity index (χ1v) is 8.06. The molecule has 2 saturated heterocycles. The smallest absolute Gasteiger partial charge is 0.237 e. The first kappa shape index (κ1) is 14.3. The van der Waals surface area contributed by atoms with Crippen molar-refractivity contribution in [1.82, 2.24) is 10.6 Å². The quantitative estimate of drug-likeness (QED) is 0.805. The largest absolute Gasteiger partial charge is 0.376 e. The minimum Gasteiger partial charge on any atom is -0.376 e. The minimum absolute atomic E-state index is 0.0127. The van der Waals surface area contributed by atoms with E-state index in [0.717, 1.165) is 12.3 Å². The van der Waals surface area contributed by atoms with Crippen molar-refractivity contribution < 1.29 is 14.3 Å². The van der Waals surface area contributed by atoms with E-state index in [2.05, 4.69) is 10.6 Å². The number of amides is 1. The first-order chi connectivity index (χ1) is 9.83. The third-order valence-corrected chi connectivity index (χ3v) is 4.86. The van der Waals surface area contributed by atoms with Crippen molar-refractivity contribution in [2.75, 3.05) is 26.4 Å². The molecule has 0 aromatic rings. The van der Waals surface area contributed by atoms with Gasteiger partial charge in [0.2, 0.25) is 5.91 Å². The van der Waals surface area contributed by atoms with E-state index < -0.39 is 0 Å². The summed E-state index contributed by atoms with van der Waals surface area (Å²) in [5.41, 5.74) is 0. The van der Waals surface area contributed by atoms with Gasteiger partial charge in [0.1, 0.15) is 0 Å². The predicted molar refractivity (Wildman–Crippen MR) is 75.5 cm³/mol. The van der Waals surface area contributed by atoms with E-state index in [0.29, 0.717) is 32.4 Å². The fraction of sp³-hybridized carbons (Fsp3) is 0.933. The van der Waals surface area contributed by atoms with Crippen LogP contribution in [0.15, 0.2) is 0 Å². The number of hydrogen-bond donors (Lipinski definition) is 2. The van der Waals surface area contributed by atoms with Gasteiger partial charge < -0.3 is 20.1 Å². The first-order valence-electron chi connectivity index (χ1n) is 8.06. The van der Waals surface area contributed by atoms with Crippen molar-refractivity contribution in [2.24, 2.45) is 5.92 Å². The predicted octanol–water partition coefficient (Wildman–Crippen LogP) is 0.829. The van der Waals surface area contributed by atoms with Crippen LogP contribution in [-0.4, -0.2) is 50.5 Å². The summed E-state index contributed by atoms with van der Waals surface area (Å²) >= 11 is 0. The van der Waals surface area contributed by atoms with Gasteiger partial charge in [-0.1, -0.05) is 12.8 Å². The summed E-state index contributed by atoms with van der Waals surface area (Å²) in [6, 6.07) is 0.543. The molecule has 0 radical (unpaired) electrons. The van der Waals surface area contributed by atoms with Crippen molar-refractivity contribution in [1.29, 1.82) is 0 Å². The molecule has 0 aromatic heterocycles. The molecule has 1 saturated carbocycles. The molecular weight excluding hydrogens is 256 g/mol. The molecule has 2 heterocycles. The number of carbonyl (C=O) groups is 1. The lowest BCUT2D eigenvalue weighted by atomic mass is 9.77. The molecule has 5 heteroatoms. The SMILES string of the molecule is O=C(NCC1COCCO1)C1CCC2CCCCC2N1. The lowest BCUT2D eigenvalue weighted by Gasteiger charge is -2.40. The lowest BCUT2D eigenvalue weighted by molar-refractivity contribution is -0.127. The minimum atomic E-state index is -0.0149. The second-order valence-electron chi connectivity index (χ2n) is 6.26. The molecule has 5 nitrogen and oxygen atoms in total. The van der Waals surface area contributed by atoms with Crippen LogP contribution in [0.5, 0.6) is 0 Å². The van der Waals surface area contributed by atoms with Crippen molar-refractivity contribution in [3.63, 3.8) is 0 Å². The van der Waals surface area contributed by atoms with E-state index in [1.165, 1.54) is 32.1 Å². The monoisotopic (exact) mass is 282 g/mol. The van der Waals surface area contributed by atoms with Crippen LogP contribution >= 0.6 is 0 Å². The maximum Gasteiger partial charge on any atom is 0.237 e. The van der Waals surface area contributed by atoms with Gasteiger partial charge in [0.05, 0.1) is 32.0 Å². The zero-order valence-corrected chi connectivity index (χ0v) is 12.1. The molecule has 0 bridgehead atoms. The van der Waals surface area contributed by atoms with Gasteiger partial charge in [0.25, 0.3) is 0 Å². The third kappa shape index (κ3) is 3.51.